The molecule has 0 aliphatic carbocycles. The SMILES string of the molecule is C/C=C/c1ccc(CCC)cc1. The fraction of sp³-hybridized carbons (Fsp3) is 0.333. The Labute approximate surface area is 74.9 Å². The fourth-order valence-electron chi connectivity index (χ4n) is 1.28. The third-order valence-corrected chi connectivity index (χ3v) is 1.88. The Kier molecular flexibility index (Phi) is 3.59. The number of aryl methyl sites for hydroxylation is 1. The first-order chi connectivity index (χ1) is 5.86. The molecule has 0 radical (unpaired) electrons. The van der Waals surface area contributed by atoms with Gasteiger partial charge in [-0.1, -0.05) is 49.8 Å². The van der Waals surface area contributed by atoms with Crippen LogP contribution in [-0.4, -0.2) is 0 Å². The van der Waals surface area contributed by atoms with Crippen molar-refractivity contribution < 1.29 is 0 Å². The van der Waals surface area contributed by atoms with Crippen LogP contribution in [0.4, 0.5) is 0 Å². The van der Waals surface area contributed by atoms with Gasteiger partial charge in [-0.2, -0.15) is 0 Å². The molecule has 0 N–H and O–H groups in total. The van der Waals surface area contributed by atoms with E-state index < -0.39 is 0 Å². The van der Waals surface area contributed by atoms with Gasteiger partial charge >= 0.3 is 0 Å². The highest BCUT2D eigenvalue weighted by molar-refractivity contribution is 5.49. The van der Waals surface area contributed by atoms with Crippen LogP contribution in [0.3, 0.4) is 0 Å². The van der Waals surface area contributed by atoms with E-state index in [1.165, 1.54) is 24.0 Å². The number of allylic oxidation sites excluding steroid dienone is 1. The molecule has 0 saturated heterocycles. The van der Waals surface area contributed by atoms with Crippen LogP contribution in [0.2, 0.25) is 0 Å². The first-order valence-electron chi connectivity index (χ1n) is 4.58. The van der Waals surface area contributed by atoms with Crippen molar-refractivity contribution in [1.29, 1.82) is 0 Å². The van der Waals surface area contributed by atoms with Gasteiger partial charge in [0.05, 0.1) is 0 Å². The Bertz CT molecular complexity index is 241. The van der Waals surface area contributed by atoms with E-state index in [1.54, 1.807) is 0 Å². The molecule has 0 fully saturated rings. The lowest BCUT2D eigenvalue weighted by molar-refractivity contribution is 0.922. The molecule has 0 aliphatic rings. The average Bonchev–Trinajstić information content (AvgIpc) is 2.09. The van der Waals surface area contributed by atoms with Gasteiger partial charge in [-0.25, -0.2) is 0 Å². The Morgan fingerprint density at radius 2 is 1.83 bits per heavy atom. The van der Waals surface area contributed by atoms with Gasteiger partial charge in [0.15, 0.2) is 0 Å². The molecule has 0 bridgehead atoms. The van der Waals surface area contributed by atoms with Gasteiger partial charge in [-0.15, -0.1) is 0 Å². The Balaban J connectivity index is 2.71. The van der Waals surface area contributed by atoms with Crippen molar-refractivity contribution in [2.24, 2.45) is 0 Å². The van der Waals surface area contributed by atoms with E-state index in [0.29, 0.717) is 0 Å². The smallest absolute Gasteiger partial charge is 0.0260 e. The maximum Gasteiger partial charge on any atom is -0.0260 e. The standard InChI is InChI=1S/C12H16/c1-3-5-11-7-9-12(6-4-2)10-8-11/h3,5,7-10H,4,6H2,1-2H3/b5-3+. The number of benzene rings is 1. The van der Waals surface area contributed by atoms with Gasteiger partial charge in [0.25, 0.3) is 0 Å². The zero-order chi connectivity index (χ0) is 8.81. The minimum atomic E-state index is 1.19. The minimum absolute atomic E-state index is 1.19. The molecule has 0 aromatic heterocycles. The van der Waals surface area contributed by atoms with Crippen LogP contribution in [-0.2, 0) is 6.42 Å². The van der Waals surface area contributed by atoms with Crippen molar-refractivity contribution in [3.63, 3.8) is 0 Å². The Morgan fingerprint density at radius 3 is 2.33 bits per heavy atom. The van der Waals surface area contributed by atoms with E-state index in [1.807, 2.05) is 6.92 Å². The van der Waals surface area contributed by atoms with Crippen LogP contribution in [0.1, 0.15) is 31.4 Å². The van der Waals surface area contributed by atoms with Gasteiger partial charge in [-0.05, 0) is 24.5 Å². The molecule has 1 rings (SSSR count). The molecule has 12 heavy (non-hydrogen) atoms. The Morgan fingerprint density at radius 1 is 1.17 bits per heavy atom. The monoisotopic (exact) mass is 160 g/mol. The van der Waals surface area contributed by atoms with E-state index in [0.717, 1.165) is 0 Å². The molecule has 0 amide bonds. The third kappa shape index (κ3) is 2.54. The summed E-state index contributed by atoms with van der Waals surface area (Å²) in [5.41, 5.74) is 2.73. The molecule has 0 nitrogen and oxygen atoms in total. The first kappa shape index (κ1) is 9.05. The molecule has 0 aliphatic heterocycles. The molecule has 0 heteroatoms. The first-order valence-corrected chi connectivity index (χ1v) is 4.58. The normalized spacial score (nSPS) is 10.8. The minimum Gasteiger partial charge on any atom is -0.0871 e. The van der Waals surface area contributed by atoms with E-state index in [-0.39, 0.29) is 0 Å². The third-order valence-electron chi connectivity index (χ3n) is 1.88. The molecule has 0 spiro atoms. The predicted octanol–water partition coefficient (Wildman–Crippen LogP) is 3.67. The maximum absolute atomic E-state index is 2.21. The highest BCUT2D eigenvalue weighted by Crippen LogP contribution is 2.07. The molecule has 0 heterocycles. The molecule has 1 aromatic rings. The van der Waals surface area contributed by atoms with E-state index in [9.17, 15) is 0 Å². The van der Waals surface area contributed by atoms with Crippen LogP contribution in [0.5, 0.6) is 0 Å². The van der Waals surface area contributed by atoms with Crippen LogP contribution < -0.4 is 0 Å². The van der Waals surface area contributed by atoms with Crippen molar-refractivity contribution in [2.45, 2.75) is 26.7 Å². The maximum atomic E-state index is 2.21. The quantitative estimate of drug-likeness (QED) is 0.633. The van der Waals surface area contributed by atoms with Gasteiger partial charge in [-0.3, -0.25) is 0 Å². The van der Waals surface area contributed by atoms with E-state index >= 15 is 0 Å². The van der Waals surface area contributed by atoms with Gasteiger partial charge in [0.2, 0.25) is 0 Å². The average molecular weight is 160 g/mol. The molecule has 1 aromatic carbocycles. The Hall–Kier alpha value is -1.04. The number of hydrogen-bond donors (Lipinski definition) is 0. The van der Waals surface area contributed by atoms with Crippen molar-refractivity contribution in [3.8, 4) is 0 Å². The number of hydrogen-bond acceptors (Lipinski definition) is 0. The molecular formula is C12H16. The van der Waals surface area contributed by atoms with Crippen LogP contribution in [0.15, 0.2) is 30.3 Å². The van der Waals surface area contributed by atoms with E-state index in [2.05, 4.69) is 43.3 Å². The van der Waals surface area contributed by atoms with Crippen molar-refractivity contribution in [1.82, 2.24) is 0 Å². The number of rotatable bonds is 3. The second-order valence-corrected chi connectivity index (χ2v) is 2.99. The summed E-state index contributed by atoms with van der Waals surface area (Å²) in [6, 6.07) is 8.76. The fourth-order valence-corrected chi connectivity index (χ4v) is 1.28. The second-order valence-electron chi connectivity index (χ2n) is 2.99. The lowest BCUT2D eigenvalue weighted by atomic mass is 10.1. The van der Waals surface area contributed by atoms with Crippen LogP contribution in [0, 0.1) is 0 Å². The molecular weight excluding hydrogens is 144 g/mol. The second kappa shape index (κ2) is 4.76. The molecule has 0 atom stereocenters. The molecule has 0 unspecified atom stereocenters. The van der Waals surface area contributed by atoms with E-state index in [4.69, 9.17) is 0 Å². The summed E-state index contributed by atoms with van der Waals surface area (Å²) < 4.78 is 0. The highest BCUT2D eigenvalue weighted by atomic mass is 13.9. The molecule has 0 saturated carbocycles. The van der Waals surface area contributed by atoms with Crippen LogP contribution in [0.25, 0.3) is 6.08 Å². The van der Waals surface area contributed by atoms with Gasteiger partial charge in [0, 0.05) is 0 Å². The summed E-state index contributed by atoms with van der Waals surface area (Å²) in [5.74, 6) is 0. The van der Waals surface area contributed by atoms with Gasteiger partial charge in [0.1, 0.15) is 0 Å². The summed E-state index contributed by atoms with van der Waals surface area (Å²) >= 11 is 0. The summed E-state index contributed by atoms with van der Waals surface area (Å²) in [7, 11) is 0. The lowest BCUT2D eigenvalue weighted by Gasteiger charge is -1.98. The predicted molar refractivity (Wildman–Crippen MR) is 55.1 cm³/mol. The van der Waals surface area contributed by atoms with Crippen LogP contribution >= 0.6 is 0 Å². The zero-order valence-corrected chi connectivity index (χ0v) is 7.88. The summed E-state index contributed by atoms with van der Waals surface area (Å²) in [5, 5.41) is 0. The van der Waals surface area contributed by atoms with Gasteiger partial charge < -0.3 is 0 Å². The molecule has 64 valence electrons. The van der Waals surface area contributed by atoms with Crippen molar-refractivity contribution in [3.05, 3.63) is 41.5 Å². The highest BCUT2D eigenvalue weighted by Gasteiger charge is 1.89. The van der Waals surface area contributed by atoms with Crippen molar-refractivity contribution in [2.75, 3.05) is 0 Å². The lowest BCUT2D eigenvalue weighted by Crippen LogP contribution is -1.81. The van der Waals surface area contributed by atoms with Crippen molar-refractivity contribution >= 4 is 6.08 Å². The largest absolute Gasteiger partial charge is 0.0871 e. The topological polar surface area (TPSA) is 0 Å². The summed E-state index contributed by atoms with van der Waals surface area (Å²) in [6.07, 6.45) is 6.60. The summed E-state index contributed by atoms with van der Waals surface area (Å²) in [6.45, 7) is 4.25. The summed E-state index contributed by atoms with van der Waals surface area (Å²) in [4.78, 5) is 0. The zero-order valence-electron chi connectivity index (χ0n) is 7.88.